The summed E-state index contributed by atoms with van der Waals surface area (Å²) in [6, 6.07) is 0. The summed E-state index contributed by atoms with van der Waals surface area (Å²) in [6.45, 7) is 4.07. The van der Waals surface area contributed by atoms with Crippen molar-refractivity contribution in [1.29, 1.82) is 0 Å². The van der Waals surface area contributed by atoms with Crippen LogP contribution in [0.25, 0.3) is 0 Å². The van der Waals surface area contributed by atoms with Gasteiger partial charge >= 0.3 is 0 Å². The first-order valence-corrected chi connectivity index (χ1v) is 7.72. The average Bonchev–Trinajstić information content (AvgIpc) is 2.80. The van der Waals surface area contributed by atoms with Crippen molar-refractivity contribution in [2.24, 2.45) is 4.99 Å². The normalized spacial score (nSPS) is 15.2. The molecule has 2 nitrogen and oxygen atoms in total. The number of nitrogens with zero attached hydrogens (tertiary/aromatic N) is 1. The van der Waals surface area contributed by atoms with Gasteiger partial charge in [0.05, 0.1) is 13.2 Å². The van der Waals surface area contributed by atoms with E-state index in [1.54, 1.807) is 11.8 Å². The molecule has 0 aromatic rings. The van der Waals surface area contributed by atoms with Gasteiger partial charge in [0.1, 0.15) is 0 Å². The highest BCUT2D eigenvalue weighted by atomic mass is 32.2. The summed E-state index contributed by atoms with van der Waals surface area (Å²) < 4.78 is 5.56. The van der Waals surface area contributed by atoms with Gasteiger partial charge < -0.3 is 4.74 Å². The minimum Gasteiger partial charge on any atom is -0.473 e. The molecule has 0 radical (unpaired) electrons. The highest BCUT2D eigenvalue weighted by Gasteiger charge is 2.06. The number of hydrogen-bond donors (Lipinski definition) is 0. The van der Waals surface area contributed by atoms with Crippen molar-refractivity contribution in [3.63, 3.8) is 0 Å². The lowest BCUT2D eigenvalue weighted by Gasteiger charge is -2.04. The van der Waals surface area contributed by atoms with Crippen LogP contribution < -0.4 is 0 Å². The van der Waals surface area contributed by atoms with Gasteiger partial charge in [-0.3, -0.25) is 0 Å². The van der Waals surface area contributed by atoms with Crippen molar-refractivity contribution < 1.29 is 4.74 Å². The molecule has 0 bridgehead atoms. The maximum Gasteiger partial charge on any atom is 0.245 e. The molecular weight excluding hydrogens is 218 g/mol. The van der Waals surface area contributed by atoms with Crippen molar-refractivity contribution in [1.82, 2.24) is 0 Å². The van der Waals surface area contributed by atoms with E-state index in [-0.39, 0.29) is 0 Å². The lowest BCUT2D eigenvalue weighted by molar-refractivity contribution is 0.301. The number of aliphatic imine (C=N–C) groups is 1. The largest absolute Gasteiger partial charge is 0.473 e. The van der Waals surface area contributed by atoms with Crippen molar-refractivity contribution in [2.45, 2.75) is 58.3 Å². The average molecular weight is 243 g/mol. The smallest absolute Gasteiger partial charge is 0.245 e. The Bertz CT molecular complexity index is 194. The van der Waals surface area contributed by atoms with Gasteiger partial charge in [0, 0.05) is 5.75 Å². The lowest BCUT2D eigenvalue weighted by atomic mass is 10.1. The zero-order chi connectivity index (χ0) is 11.5. The van der Waals surface area contributed by atoms with Crippen LogP contribution in [0.5, 0.6) is 0 Å². The molecule has 1 aliphatic rings. The molecule has 16 heavy (non-hydrogen) atoms. The van der Waals surface area contributed by atoms with Gasteiger partial charge in [-0.05, 0) is 6.42 Å². The molecule has 1 aliphatic heterocycles. The fourth-order valence-electron chi connectivity index (χ4n) is 1.80. The van der Waals surface area contributed by atoms with Crippen LogP contribution in [0.3, 0.4) is 0 Å². The topological polar surface area (TPSA) is 21.6 Å². The van der Waals surface area contributed by atoms with Gasteiger partial charge in [-0.15, -0.1) is 0 Å². The minimum absolute atomic E-state index is 0.862. The minimum atomic E-state index is 0.862. The van der Waals surface area contributed by atoms with E-state index in [1.165, 1.54) is 51.4 Å². The number of rotatable bonds is 9. The van der Waals surface area contributed by atoms with E-state index in [2.05, 4.69) is 11.9 Å². The zero-order valence-electron chi connectivity index (χ0n) is 10.5. The lowest BCUT2D eigenvalue weighted by Crippen LogP contribution is -1.99. The van der Waals surface area contributed by atoms with Crippen molar-refractivity contribution in [2.75, 3.05) is 18.9 Å². The molecule has 0 amide bonds. The first-order valence-electron chi connectivity index (χ1n) is 6.73. The molecular formula is C13H25NOS. The summed E-state index contributed by atoms with van der Waals surface area (Å²) in [5.41, 5.74) is 0. The van der Waals surface area contributed by atoms with E-state index in [0.717, 1.165) is 24.1 Å². The van der Waals surface area contributed by atoms with Crippen LogP contribution in [0.15, 0.2) is 4.99 Å². The van der Waals surface area contributed by atoms with E-state index >= 15 is 0 Å². The van der Waals surface area contributed by atoms with Crippen LogP contribution in [0, 0.1) is 0 Å². The van der Waals surface area contributed by atoms with Gasteiger partial charge in [-0.25, -0.2) is 4.99 Å². The third-order valence-electron chi connectivity index (χ3n) is 2.78. The predicted octanol–water partition coefficient (Wildman–Crippen LogP) is 4.25. The van der Waals surface area contributed by atoms with E-state index in [1.807, 2.05) is 0 Å². The molecule has 94 valence electrons. The summed E-state index contributed by atoms with van der Waals surface area (Å²) in [7, 11) is 0. The Morgan fingerprint density at radius 1 is 1.06 bits per heavy atom. The molecule has 0 aromatic carbocycles. The fraction of sp³-hybridized carbons (Fsp3) is 0.923. The molecule has 0 saturated heterocycles. The molecule has 0 spiro atoms. The zero-order valence-corrected chi connectivity index (χ0v) is 11.4. The predicted molar refractivity (Wildman–Crippen MR) is 73.3 cm³/mol. The monoisotopic (exact) mass is 243 g/mol. The molecule has 0 atom stereocenters. The van der Waals surface area contributed by atoms with Crippen molar-refractivity contribution in [3.8, 4) is 0 Å². The Hall–Kier alpha value is -0.180. The Labute approximate surface area is 104 Å². The Balaban J connectivity index is 1.74. The second-order valence-electron chi connectivity index (χ2n) is 4.32. The summed E-state index contributed by atoms with van der Waals surface area (Å²) in [6.07, 6.45) is 10.8. The number of ether oxygens (including phenoxy) is 1. The van der Waals surface area contributed by atoms with E-state index in [0.29, 0.717) is 0 Å². The maximum absolute atomic E-state index is 5.56. The second kappa shape index (κ2) is 10.0. The van der Waals surface area contributed by atoms with E-state index in [4.69, 9.17) is 4.74 Å². The van der Waals surface area contributed by atoms with Crippen LogP contribution in [0.2, 0.25) is 0 Å². The van der Waals surface area contributed by atoms with Gasteiger partial charge in [-0.1, -0.05) is 63.6 Å². The maximum atomic E-state index is 5.56. The van der Waals surface area contributed by atoms with Gasteiger partial charge in [0.15, 0.2) is 0 Å². The Kier molecular flexibility index (Phi) is 8.68. The number of hydrogen-bond acceptors (Lipinski definition) is 3. The highest BCUT2D eigenvalue weighted by molar-refractivity contribution is 8.13. The number of unbranched alkanes of at least 4 members (excludes halogenated alkanes) is 7. The van der Waals surface area contributed by atoms with Gasteiger partial charge in [0.25, 0.3) is 0 Å². The molecule has 0 N–H and O–H groups in total. The van der Waals surface area contributed by atoms with Crippen LogP contribution in [0.1, 0.15) is 58.3 Å². The van der Waals surface area contributed by atoms with Crippen LogP contribution in [-0.4, -0.2) is 24.1 Å². The van der Waals surface area contributed by atoms with Crippen molar-refractivity contribution >= 4 is 17.0 Å². The van der Waals surface area contributed by atoms with Crippen LogP contribution in [0.4, 0.5) is 0 Å². The van der Waals surface area contributed by atoms with E-state index in [9.17, 15) is 0 Å². The highest BCUT2D eigenvalue weighted by Crippen LogP contribution is 2.13. The summed E-state index contributed by atoms with van der Waals surface area (Å²) in [4.78, 5) is 4.26. The summed E-state index contributed by atoms with van der Waals surface area (Å²) in [5, 5.41) is 0.919. The molecule has 0 fully saturated rings. The molecule has 1 rings (SSSR count). The first kappa shape index (κ1) is 13.9. The second-order valence-corrected chi connectivity index (χ2v) is 5.37. The van der Waals surface area contributed by atoms with Gasteiger partial charge in [0.2, 0.25) is 5.23 Å². The van der Waals surface area contributed by atoms with Crippen molar-refractivity contribution in [3.05, 3.63) is 0 Å². The number of thioether (sulfide) groups is 1. The quantitative estimate of drug-likeness (QED) is 0.565. The van der Waals surface area contributed by atoms with Crippen LogP contribution in [-0.2, 0) is 4.74 Å². The molecule has 0 aromatic heterocycles. The SMILES string of the molecule is CCCCCCCCCCOC1=NCCS1. The van der Waals surface area contributed by atoms with Crippen LogP contribution >= 0.6 is 11.8 Å². The Morgan fingerprint density at radius 3 is 2.38 bits per heavy atom. The first-order chi connectivity index (χ1) is 7.93. The van der Waals surface area contributed by atoms with E-state index < -0.39 is 0 Å². The Morgan fingerprint density at radius 2 is 1.75 bits per heavy atom. The van der Waals surface area contributed by atoms with Gasteiger partial charge in [-0.2, -0.15) is 0 Å². The molecule has 0 unspecified atom stereocenters. The molecule has 3 heteroatoms. The molecule has 1 heterocycles. The molecule has 0 aliphatic carbocycles. The molecule has 0 saturated carbocycles. The third-order valence-corrected chi connectivity index (χ3v) is 3.66. The fourth-order valence-corrected chi connectivity index (χ4v) is 2.50. The third kappa shape index (κ3) is 7.15. The standard InChI is InChI=1S/C13H25NOS/c1-2-3-4-5-6-7-8-9-11-15-13-14-10-12-16-13/h2-12H2,1H3. The summed E-state index contributed by atoms with van der Waals surface area (Å²) >= 11 is 1.75. The summed E-state index contributed by atoms with van der Waals surface area (Å²) in [5.74, 6) is 1.10.